The lowest BCUT2D eigenvalue weighted by Gasteiger charge is -2.10. The minimum atomic E-state index is -0.654. The minimum Gasteiger partial charge on any atom is -0.505 e. The summed E-state index contributed by atoms with van der Waals surface area (Å²) >= 11 is 0. The third-order valence-electron chi connectivity index (χ3n) is 3.94. The number of para-hydroxylation sites is 1. The van der Waals surface area contributed by atoms with Crippen molar-refractivity contribution in [2.24, 2.45) is 5.92 Å². The van der Waals surface area contributed by atoms with Gasteiger partial charge in [-0.2, -0.15) is 0 Å². The third-order valence-corrected chi connectivity index (χ3v) is 3.94. The predicted molar refractivity (Wildman–Crippen MR) is 83.2 cm³/mol. The summed E-state index contributed by atoms with van der Waals surface area (Å²) in [5.74, 6) is -1.13. The van der Waals surface area contributed by atoms with Crippen LogP contribution in [0.15, 0.2) is 42.7 Å². The molecule has 0 spiro atoms. The number of phenols is 1. The van der Waals surface area contributed by atoms with E-state index in [9.17, 15) is 14.7 Å². The molecule has 1 aromatic heterocycles. The van der Waals surface area contributed by atoms with E-state index >= 15 is 0 Å². The highest BCUT2D eigenvalue weighted by Crippen LogP contribution is 2.48. The Balaban J connectivity index is 1.71. The zero-order valence-corrected chi connectivity index (χ0v) is 12.5. The van der Waals surface area contributed by atoms with E-state index in [4.69, 9.17) is 0 Å². The highest BCUT2D eigenvalue weighted by atomic mass is 16.5. The lowest BCUT2D eigenvalue weighted by atomic mass is 10.1. The topological polar surface area (TPSA) is 88.5 Å². The number of ether oxygens (including phenoxy) is 1. The molecular formula is C17H16N2O4. The Labute approximate surface area is 133 Å². The summed E-state index contributed by atoms with van der Waals surface area (Å²) in [4.78, 5) is 27.9. The molecule has 6 heteroatoms. The first-order valence-corrected chi connectivity index (χ1v) is 7.23. The average molecular weight is 312 g/mol. The van der Waals surface area contributed by atoms with E-state index in [0.717, 1.165) is 12.0 Å². The number of aromatic hydroxyl groups is 1. The van der Waals surface area contributed by atoms with Crippen LogP contribution >= 0.6 is 0 Å². The lowest BCUT2D eigenvalue weighted by molar-refractivity contribution is -0.117. The number of phenolic OH excluding ortho intramolecular Hbond substituents is 1. The van der Waals surface area contributed by atoms with Crippen LogP contribution in [0.1, 0.15) is 28.3 Å². The zero-order chi connectivity index (χ0) is 16.4. The standard InChI is InChI=1S/C17H16N2O4/c1-23-17(22)11-5-2-6-14(15(11)20)19-16(21)13-8-12(13)10-4-3-7-18-9-10/h2-7,9,12-13,20H,8H2,1H3,(H,19,21)/t12-,13-/m0/s1. The van der Waals surface area contributed by atoms with E-state index in [1.807, 2.05) is 12.1 Å². The van der Waals surface area contributed by atoms with Gasteiger partial charge in [-0.05, 0) is 36.1 Å². The van der Waals surface area contributed by atoms with Crippen molar-refractivity contribution in [1.82, 2.24) is 4.98 Å². The number of carbonyl (C=O) groups is 2. The molecule has 118 valence electrons. The molecule has 0 bridgehead atoms. The summed E-state index contributed by atoms with van der Waals surface area (Å²) in [7, 11) is 1.23. The summed E-state index contributed by atoms with van der Waals surface area (Å²) in [5, 5.41) is 12.8. The second-order valence-electron chi connectivity index (χ2n) is 5.42. The number of hydrogen-bond acceptors (Lipinski definition) is 5. The molecule has 1 saturated carbocycles. The van der Waals surface area contributed by atoms with Crippen LogP contribution in [0.3, 0.4) is 0 Å². The van der Waals surface area contributed by atoms with E-state index in [0.29, 0.717) is 0 Å². The van der Waals surface area contributed by atoms with Crippen LogP contribution in [0.4, 0.5) is 5.69 Å². The SMILES string of the molecule is COC(=O)c1cccc(NC(=O)[C@H]2C[C@H]2c2cccnc2)c1O. The highest BCUT2D eigenvalue weighted by molar-refractivity contribution is 6.00. The number of benzene rings is 1. The first-order valence-electron chi connectivity index (χ1n) is 7.23. The van der Waals surface area contributed by atoms with Gasteiger partial charge in [0.05, 0.1) is 12.8 Å². The molecule has 2 N–H and O–H groups in total. The maximum absolute atomic E-state index is 12.3. The fourth-order valence-corrected chi connectivity index (χ4v) is 2.59. The van der Waals surface area contributed by atoms with Crippen LogP contribution in [0, 0.1) is 5.92 Å². The monoisotopic (exact) mass is 312 g/mol. The number of nitrogens with zero attached hydrogens (tertiary/aromatic N) is 1. The molecule has 3 rings (SSSR count). The molecule has 2 aromatic rings. The van der Waals surface area contributed by atoms with Crippen molar-refractivity contribution in [2.45, 2.75) is 12.3 Å². The summed E-state index contributed by atoms with van der Waals surface area (Å²) in [6, 6.07) is 8.34. The number of esters is 1. The Morgan fingerprint density at radius 1 is 1.30 bits per heavy atom. The number of pyridine rings is 1. The van der Waals surface area contributed by atoms with Crippen LogP contribution in [0.2, 0.25) is 0 Å². The van der Waals surface area contributed by atoms with Crippen molar-refractivity contribution in [3.63, 3.8) is 0 Å². The molecule has 0 radical (unpaired) electrons. The molecule has 0 aliphatic heterocycles. The van der Waals surface area contributed by atoms with Crippen LogP contribution in [0.5, 0.6) is 5.75 Å². The zero-order valence-electron chi connectivity index (χ0n) is 12.5. The van der Waals surface area contributed by atoms with Gasteiger partial charge in [-0.1, -0.05) is 12.1 Å². The van der Waals surface area contributed by atoms with Crippen LogP contribution in [0.25, 0.3) is 0 Å². The number of methoxy groups -OCH3 is 1. The van der Waals surface area contributed by atoms with Crippen molar-refractivity contribution in [2.75, 3.05) is 12.4 Å². The van der Waals surface area contributed by atoms with Gasteiger partial charge in [0.15, 0.2) is 5.75 Å². The van der Waals surface area contributed by atoms with Gasteiger partial charge in [-0.15, -0.1) is 0 Å². The van der Waals surface area contributed by atoms with Gasteiger partial charge < -0.3 is 15.2 Å². The summed E-state index contributed by atoms with van der Waals surface area (Å²) < 4.78 is 4.59. The van der Waals surface area contributed by atoms with Crippen molar-refractivity contribution >= 4 is 17.6 Å². The largest absolute Gasteiger partial charge is 0.505 e. The van der Waals surface area contributed by atoms with Gasteiger partial charge in [0.1, 0.15) is 5.56 Å². The predicted octanol–water partition coefficient (Wildman–Crippen LogP) is 2.32. The molecule has 2 atom stereocenters. The Kier molecular flexibility index (Phi) is 3.97. The summed E-state index contributed by atoms with van der Waals surface area (Å²) in [5.41, 5.74) is 1.25. The number of rotatable bonds is 4. The van der Waals surface area contributed by atoms with Gasteiger partial charge in [-0.25, -0.2) is 4.79 Å². The van der Waals surface area contributed by atoms with Crippen LogP contribution in [-0.2, 0) is 9.53 Å². The highest BCUT2D eigenvalue weighted by Gasteiger charge is 2.44. The summed E-state index contributed by atoms with van der Waals surface area (Å²) in [6.07, 6.45) is 4.19. The second-order valence-corrected chi connectivity index (χ2v) is 5.42. The molecular weight excluding hydrogens is 296 g/mol. The van der Waals surface area contributed by atoms with Crippen molar-refractivity contribution in [1.29, 1.82) is 0 Å². The molecule has 1 amide bonds. The Hall–Kier alpha value is -2.89. The van der Waals surface area contributed by atoms with Crippen molar-refractivity contribution in [3.05, 3.63) is 53.9 Å². The molecule has 23 heavy (non-hydrogen) atoms. The normalized spacial score (nSPS) is 19.0. The fraction of sp³-hybridized carbons (Fsp3) is 0.235. The quantitative estimate of drug-likeness (QED) is 0.668. The van der Waals surface area contributed by atoms with E-state index in [1.54, 1.807) is 24.5 Å². The maximum Gasteiger partial charge on any atom is 0.341 e. The van der Waals surface area contributed by atoms with Gasteiger partial charge in [0.2, 0.25) is 5.91 Å². The maximum atomic E-state index is 12.3. The average Bonchev–Trinajstić information content (AvgIpc) is 3.37. The van der Waals surface area contributed by atoms with Crippen molar-refractivity contribution < 1.29 is 19.4 Å². The van der Waals surface area contributed by atoms with Crippen LogP contribution < -0.4 is 5.32 Å². The first kappa shape index (κ1) is 15.0. The lowest BCUT2D eigenvalue weighted by Crippen LogP contribution is -2.15. The number of aromatic nitrogens is 1. The van der Waals surface area contributed by atoms with Crippen LogP contribution in [-0.4, -0.2) is 29.1 Å². The second kappa shape index (κ2) is 6.08. The van der Waals surface area contributed by atoms with E-state index in [1.165, 1.54) is 13.2 Å². The number of nitrogens with one attached hydrogen (secondary N) is 1. The van der Waals surface area contributed by atoms with Gasteiger partial charge in [0, 0.05) is 18.3 Å². The Morgan fingerprint density at radius 2 is 2.13 bits per heavy atom. The third kappa shape index (κ3) is 3.01. The smallest absolute Gasteiger partial charge is 0.341 e. The number of carbonyl (C=O) groups excluding carboxylic acids is 2. The van der Waals surface area contributed by atoms with Crippen molar-refractivity contribution in [3.8, 4) is 5.75 Å². The molecule has 1 heterocycles. The number of hydrogen-bond donors (Lipinski definition) is 2. The molecule has 1 aromatic carbocycles. The fourth-order valence-electron chi connectivity index (χ4n) is 2.59. The van der Waals surface area contributed by atoms with E-state index in [-0.39, 0.29) is 34.7 Å². The first-order chi connectivity index (χ1) is 11.1. The van der Waals surface area contributed by atoms with Gasteiger partial charge in [-0.3, -0.25) is 9.78 Å². The van der Waals surface area contributed by atoms with Gasteiger partial charge >= 0.3 is 5.97 Å². The number of amides is 1. The van der Waals surface area contributed by atoms with E-state index in [2.05, 4.69) is 15.0 Å². The molecule has 6 nitrogen and oxygen atoms in total. The molecule has 0 unspecified atom stereocenters. The minimum absolute atomic E-state index is 0.0184. The molecule has 1 aliphatic rings. The Bertz CT molecular complexity index is 746. The Morgan fingerprint density at radius 3 is 2.83 bits per heavy atom. The number of anilines is 1. The molecule has 1 aliphatic carbocycles. The summed E-state index contributed by atoms with van der Waals surface area (Å²) in [6.45, 7) is 0. The van der Waals surface area contributed by atoms with Gasteiger partial charge in [0.25, 0.3) is 0 Å². The van der Waals surface area contributed by atoms with E-state index < -0.39 is 5.97 Å². The molecule has 0 saturated heterocycles. The molecule has 1 fully saturated rings.